The molecule has 0 radical (unpaired) electrons. The van der Waals surface area contributed by atoms with Gasteiger partial charge in [-0.1, -0.05) is 20.3 Å². The number of rotatable bonds is 2. The van der Waals surface area contributed by atoms with Crippen molar-refractivity contribution in [3.63, 3.8) is 0 Å². The molecule has 1 fully saturated rings. The molecule has 2 N–H and O–H groups in total. The van der Waals surface area contributed by atoms with Gasteiger partial charge in [-0.3, -0.25) is 14.4 Å². The number of hydrogen-bond acceptors (Lipinski definition) is 3. The highest BCUT2D eigenvalue weighted by Gasteiger charge is 2.39. The lowest BCUT2D eigenvalue weighted by molar-refractivity contribution is 0.0839. The lowest BCUT2D eigenvalue weighted by Gasteiger charge is -2.25. The fraction of sp³-hybridized carbons (Fsp3) is 0.438. The number of ketones is 1. The minimum atomic E-state index is -0.701. The van der Waals surface area contributed by atoms with Crippen molar-refractivity contribution >= 4 is 16.8 Å². The molecule has 1 atom stereocenters. The fourth-order valence-corrected chi connectivity index (χ4v) is 3.28. The van der Waals surface area contributed by atoms with Crippen molar-refractivity contribution < 1.29 is 4.79 Å². The highest BCUT2D eigenvalue weighted by molar-refractivity contribution is 6.00. The predicted octanol–water partition coefficient (Wildman–Crippen LogP) is 2.23. The Balaban J connectivity index is 2.05. The Morgan fingerprint density at radius 1 is 1.14 bits per heavy atom. The van der Waals surface area contributed by atoms with Crippen molar-refractivity contribution in [3.8, 4) is 0 Å². The number of Topliss-reactive ketones (excluding diaryl/α,β-unsaturated/α-hetero) is 1. The van der Waals surface area contributed by atoms with Gasteiger partial charge in [-0.2, -0.15) is 0 Å². The number of benzene rings is 1. The van der Waals surface area contributed by atoms with Crippen LogP contribution in [0.5, 0.6) is 0 Å². The van der Waals surface area contributed by atoms with Crippen LogP contribution in [0.4, 0.5) is 0 Å². The molecule has 2 aromatic rings. The molecule has 1 saturated carbocycles. The molecule has 21 heavy (non-hydrogen) atoms. The molecule has 1 heterocycles. The normalized spacial score (nSPS) is 20.8. The third-order valence-corrected chi connectivity index (χ3v) is 4.58. The van der Waals surface area contributed by atoms with Gasteiger partial charge in [0.2, 0.25) is 0 Å². The molecule has 5 nitrogen and oxygen atoms in total. The van der Waals surface area contributed by atoms with Gasteiger partial charge < -0.3 is 9.97 Å². The molecule has 0 saturated heterocycles. The van der Waals surface area contributed by atoms with Crippen LogP contribution in [0.3, 0.4) is 0 Å². The molecular formula is C16H18N2O3. The topological polar surface area (TPSA) is 82.8 Å². The summed E-state index contributed by atoms with van der Waals surface area (Å²) >= 11 is 0. The van der Waals surface area contributed by atoms with E-state index in [-0.39, 0.29) is 17.1 Å². The monoisotopic (exact) mass is 286 g/mol. The van der Waals surface area contributed by atoms with Gasteiger partial charge in [0.15, 0.2) is 5.78 Å². The van der Waals surface area contributed by atoms with Crippen LogP contribution in [0.1, 0.15) is 43.5 Å². The van der Waals surface area contributed by atoms with Crippen LogP contribution in [-0.2, 0) is 0 Å². The molecule has 3 rings (SSSR count). The number of aromatic nitrogens is 2. The second kappa shape index (κ2) is 4.69. The zero-order chi connectivity index (χ0) is 15.2. The Bertz CT molecular complexity index is 829. The third kappa shape index (κ3) is 2.33. The maximum atomic E-state index is 12.7. The Kier molecular flexibility index (Phi) is 3.08. The Labute approximate surface area is 121 Å². The van der Waals surface area contributed by atoms with Crippen LogP contribution in [0.2, 0.25) is 0 Å². The maximum absolute atomic E-state index is 12.7. The molecule has 1 aromatic carbocycles. The van der Waals surface area contributed by atoms with E-state index in [9.17, 15) is 14.4 Å². The van der Waals surface area contributed by atoms with Gasteiger partial charge in [0.1, 0.15) is 0 Å². The third-order valence-electron chi connectivity index (χ3n) is 4.58. The summed E-state index contributed by atoms with van der Waals surface area (Å²) in [4.78, 5) is 40.4. The van der Waals surface area contributed by atoms with E-state index in [1.54, 1.807) is 18.2 Å². The van der Waals surface area contributed by atoms with Crippen molar-refractivity contribution in [1.29, 1.82) is 0 Å². The zero-order valence-corrected chi connectivity index (χ0v) is 12.2. The Morgan fingerprint density at radius 2 is 1.81 bits per heavy atom. The molecule has 1 aliphatic rings. The zero-order valence-electron chi connectivity index (χ0n) is 12.2. The van der Waals surface area contributed by atoms with Crippen molar-refractivity contribution in [2.24, 2.45) is 11.3 Å². The minimum absolute atomic E-state index is 0.0180. The summed E-state index contributed by atoms with van der Waals surface area (Å²) in [6, 6.07) is 5.04. The quantitative estimate of drug-likeness (QED) is 0.656. The van der Waals surface area contributed by atoms with E-state index in [4.69, 9.17) is 0 Å². The van der Waals surface area contributed by atoms with Gasteiger partial charge in [-0.05, 0) is 36.5 Å². The fourth-order valence-electron chi connectivity index (χ4n) is 3.28. The van der Waals surface area contributed by atoms with Gasteiger partial charge in [0, 0.05) is 11.5 Å². The first-order chi connectivity index (χ1) is 9.88. The lowest BCUT2D eigenvalue weighted by atomic mass is 9.78. The summed E-state index contributed by atoms with van der Waals surface area (Å²) in [6.45, 7) is 4.26. The summed E-state index contributed by atoms with van der Waals surface area (Å²) in [7, 11) is 0. The molecule has 0 spiro atoms. The molecular weight excluding hydrogens is 268 g/mol. The van der Waals surface area contributed by atoms with Gasteiger partial charge in [0.05, 0.1) is 11.0 Å². The minimum Gasteiger partial charge on any atom is -0.316 e. The number of aromatic amines is 2. The summed E-state index contributed by atoms with van der Waals surface area (Å²) in [6.07, 6.45) is 3.04. The number of carbonyl (C=O) groups excluding carboxylic acids is 1. The van der Waals surface area contributed by atoms with Crippen LogP contribution in [0.25, 0.3) is 11.0 Å². The number of nitrogens with one attached hydrogen (secondary N) is 2. The van der Waals surface area contributed by atoms with E-state index in [0.717, 1.165) is 19.3 Å². The largest absolute Gasteiger partial charge is 0.316 e. The van der Waals surface area contributed by atoms with Crippen LogP contribution < -0.4 is 11.1 Å². The highest BCUT2D eigenvalue weighted by atomic mass is 16.2. The van der Waals surface area contributed by atoms with Gasteiger partial charge in [0.25, 0.3) is 0 Å². The van der Waals surface area contributed by atoms with E-state index in [2.05, 4.69) is 23.8 Å². The first-order valence-corrected chi connectivity index (χ1v) is 7.19. The molecule has 1 aromatic heterocycles. The van der Waals surface area contributed by atoms with Crippen LogP contribution in [0, 0.1) is 11.3 Å². The number of H-pyrrole nitrogens is 2. The Hall–Kier alpha value is -2.17. The first-order valence-electron chi connectivity index (χ1n) is 7.19. The molecule has 0 bridgehead atoms. The number of fused-ring (bicyclic) bond motifs is 1. The molecule has 1 unspecified atom stereocenters. The standard InChI is InChI=1S/C16H18N2O3/c1-16(2)7-3-4-10(16)13(19)9-5-6-11-12(8-9)18-15(21)14(20)17-11/h5-6,8,10H,3-4,7H2,1-2H3,(H,17,20)(H,18,21). The Morgan fingerprint density at radius 3 is 2.43 bits per heavy atom. The first kappa shape index (κ1) is 13.8. The average molecular weight is 286 g/mol. The van der Waals surface area contributed by atoms with Crippen molar-refractivity contribution in [1.82, 2.24) is 9.97 Å². The van der Waals surface area contributed by atoms with E-state index in [0.29, 0.717) is 16.6 Å². The van der Waals surface area contributed by atoms with E-state index in [1.807, 2.05) is 0 Å². The van der Waals surface area contributed by atoms with E-state index < -0.39 is 11.1 Å². The summed E-state index contributed by atoms with van der Waals surface area (Å²) in [5.41, 5.74) is 0.241. The molecule has 0 amide bonds. The molecule has 5 heteroatoms. The van der Waals surface area contributed by atoms with Crippen molar-refractivity contribution in [2.75, 3.05) is 0 Å². The smallest absolute Gasteiger partial charge is 0.314 e. The molecule has 0 aliphatic heterocycles. The van der Waals surface area contributed by atoms with Gasteiger partial charge in [-0.25, -0.2) is 0 Å². The number of hydrogen-bond donors (Lipinski definition) is 2. The van der Waals surface area contributed by atoms with Crippen LogP contribution in [-0.4, -0.2) is 15.8 Å². The lowest BCUT2D eigenvalue weighted by Crippen LogP contribution is -2.29. The van der Waals surface area contributed by atoms with Gasteiger partial charge in [-0.15, -0.1) is 0 Å². The molecule has 1 aliphatic carbocycles. The number of carbonyl (C=O) groups is 1. The van der Waals surface area contributed by atoms with Crippen molar-refractivity contribution in [3.05, 3.63) is 44.5 Å². The van der Waals surface area contributed by atoms with Crippen molar-refractivity contribution in [2.45, 2.75) is 33.1 Å². The predicted molar refractivity (Wildman–Crippen MR) is 80.6 cm³/mol. The summed E-state index contributed by atoms with van der Waals surface area (Å²) < 4.78 is 0. The van der Waals surface area contributed by atoms with Crippen LogP contribution in [0.15, 0.2) is 27.8 Å². The SMILES string of the molecule is CC1(C)CCCC1C(=O)c1ccc2[nH]c(=O)c(=O)[nH]c2c1. The highest BCUT2D eigenvalue weighted by Crippen LogP contribution is 2.44. The van der Waals surface area contributed by atoms with E-state index >= 15 is 0 Å². The van der Waals surface area contributed by atoms with E-state index in [1.165, 1.54) is 0 Å². The maximum Gasteiger partial charge on any atom is 0.314 e. The van der Waals surface area contributed by atoms with Gasteiger partial charge >= 0.3 is 11.1 Å². The summed E-state index contributed by atoms with van der Waals surface area (Å²) in [5, 5.41) is 0. The molecule has 110 valence electrons. The van der Waals surface area contributed by atoms with Crippen LogP contribution >= 0.6 is 0 Å². The average Bonchev–Trinajstić information content (AvgIpc) is 2.78. The summed E-state index contributed by atoms with van der Waals surface area (Å²) in [5.74, 6) is 0.135. The second-order valence-electron chi connectivity index (χ2n) is 6.47. The second-order valence-corrected chi connectivity index (χ2v) is 6.47.